The van der Waals surface area contributed by atoms with Crippen LogP contribution in [0.15, 0.2) is 65.8 Å². The summed E-state index contributed by atoms with van der Waals surface area (Å²) in [6, 6.07) is 21.0. The maximum absolute atomic E-state index is 5.36. The number of methoxy groups -OCH3 is 2. The normalized spacial score (nSPS) is 15.2. The van der Waals surface area contributed by atoms with Crippen LogP contribution in [0.5, 0.6) is 11.5 Å². The molecule has 0 bridgehead atoms. The van der Waals surface area contributed by atoms with Crippen LogP contribution in [0, 0.1) is 0 Å². The summed E-state index contributed by atoms with van der Waals surface area (Å²) in [5.74, 6) is 1.45. The third-order valence-electron chi connectivity index (χ3n) is 5.40. The predicted octanol–water partition coefficient (Wildman–Crippen LogP) is 4.01. The van der Waals surface area contributed by atoms with Gasteiger partial charge in [-0.25, -0.2) is 0 Å². The first-order chi connectivity index (χ1) is 14.3. The van der Waals surface area contributed by atoms with E-state index >= 15 is 0 Å². The molecule has 4 rings (SSSR count). The van der Waals surface area contributed by atoms with Crippen LogP contribution < -0.4 is 9.47 Å². The van der Waals surface area contributed by atoms with Gasteiger partial charge in [0.05, 0.1) is 20.4 Å². The Morgan fingerprint density at radius 1 is 0.862 bits per heavy atom. The average molecular weight is 389 g/mol. The Morgan fingerprint density at radius 3 is 2.41 bits per heavy atom. The fourth-order valence-corrected chi connectivity index (χ4v) is 3.76. The fraction of sp³-hybridized carbons (Fsp3) is 0.292. The molecule has 150 valence electrons. The molecule has 3 aromatic rings. The maximum atomic E-state index is 5.36. The van der Waals surface area contributed by atoms with E-state index in [-0.39, 0.29) is 0 Å². The SMILES string of the molecule is COc1ccc(C=NN2CCN(Cc3cccc4ccccc34)CC2)cc1OC. The molecular weight excluding hydrogens is 362 g/mol. The van der Waals surface area contributed by atoms with Crippen LogP contribution in [0.2, 0.25) is 0 Å². The van der Waals surface area contributed by atoms with Crippen LogP contribution in [0.4, 0.5) is 0 Å². The van der Waals surface area contributed by atoms with E-state index in [1.165, 1.54) is 16.3 Å². The van der Waals surface area contributed by atoms with Crippen LogP contribution >= 0.6 is 0 Å². The second-order valence-corrected chi connectivity index (χ2v) is 7.23. The Balaban J connectivity index is 1.35. The highest BCUT2D eigenvalue weighted by molar-refractivity contribution is 5.85. The minimum Gasteiger partial charge on any atom is -0.493 e. The number of nitrogens with zero attached hydrogens (tertiary/aromatic N) is 3. The molecule has 0 spiro atoms. The van der Waals surface area contributed by atoms with Gasteiger partial charge in [0.15, 0.2) is 11.5 Å². The average Bonchev–Trinajstić information content (AvgIpc) is 2.78. The van der Waals surface area contributed by atoms with Gasteiger partial charge in [-0.3, -0.25) is 9.91 Å². The molecule has 1 aliphatic rings. The van der Waals surface area contributed by atoms with Crippen LogP contribution in [0.25, 0.3) is 10.8 Å². The van der Waals surface area contributed by atoms with Crippen molar-refractivity contribution < 1.29 is 9.47 Å². The smallest absolute Gasteiger partial charge is 0.161 e. The van der Waals surface area contributed by atoms with E-state index < -0.39 is 0 Å². The highest BCUT2D eigenvalue weighted by atomic mass is 16.5. The van der Waals surface area contributed by atoms with Crippen LogP contribution in [0.1, 0.15) is 11.1 Å². The number of hydrogen-bond donors (Lipinski definition) is 0. The molecule has 0 atom stereocenters. The standard InChI is InChI=1S/C24H27N3O2/c1-28-23-11-10-19(16-24(23)29-2)17-25-27-14-12-26(13-15-27)18-21-8-5-7-20-6-3-4-9-22(20)21/h3-11,16-17H,12-15,18H2,1-2H3. The Kier molecular flexibility index (Phi) is 5.96. The lowest BCUT2D eigenvalue weighted by molar-refractivity contribution is 0.131. The van der Waals surface area contributed by atoms with Gasteiger partial charge >= 0.3 is 0 Å². The van der Waals surface area contributed by atoms with Gasteiger partial charge in [0.2, 0.25) is 0 Å². The van der Waals surface area contributed by atoms with Crippen molar-refractivity contribution in [2.45, 2.75) is 6.54 Å². The Morgan fingerprint density at radius 2 is 1.62 bits per heavy atom. The highest BCUT2D eigenvalue weighted by Crippen LogP contribution is 2.27. The number of hydrazone groups is 1. The second kappa shape index (κ2) is 8.97. The van der Waals surface area contributed by atoms with Crippen LogP contribution in [0.3, 0.4) is 0 Å². The lowest BCUT2D eigenvalue weighted by atomic mass is 10.0. The maximum Gasteiger partial charge on any atom is 0.161 e. The molecule has 0 saturated carbocycles. The molecule has 3 aromatic carbocycles. The molecule has 5 nitrogen and oxygen atoms in total. The number of ether oxygens (including phenoxy) is 2. The Bertz CT molecular complexity index is 989. The van der Waals surface area contributed by atoms with Gasteiger partial charge < -0.3 is 9.47 Å². The number of rotatable bonds is 6. The molecule has 0 aliphatic carbocycles. The number of piperazine rings is 1. The van der Waals surface area contributed by atoms with Gasteiger partial charge in [0.1, 0.15) is 0 Å². The molecule has 0 N–H and O–H groups in total. The van der Waals surface area contributed by atoms with E-state index in [0.717, 1.165) is 49.8 Å². The third-order valence-corrected chi connectivity index (χ3v) is 5.40. The molecule has 5 heteroatoms. The largest absolute Gasteiger partial charge is 0.493 e. The predicted molar refractivity (Wildman–Crippen MR) is 118 cm³/mol. The molecule has 0 radical (unpaired) electrons. The van der Waals surface area contributed by atoms with Crippen molar-refractivity contribution in [3.05, 3.63) is 71.8 Å². The Hall–Kier alpha value is -3.05. The zero-order valence-corrected chi connectivity index (χ0v) is 17.0. The summed E-state index contributed by atoms with van der Waals surface area (Å²) in [5, 5.41) is 9.46. The van der Waals surface area contributed by atoms with E-state index in [0.29, 0.717) is 0 Å². The molecular formula is C24H27N3O2. The second-order valence-electron chi connectivity index (χ2n) is 7.23. The summed E-state index contributed by atoms with van der Waals surface area (Å²) in [4.78, 5) is 2.50. The van der Waals surface area contributed by atoms with E-state index in [1.807, 2.05) is 24.4 Å². The molecule has 0 unspecified atom stereocenters. The van der Waals surface area contributed by atoms with E-state index in [2.05, 4.69) is 57.5 Å². The van der Waals surface area contributed by atoms with E-state index in [4.69, 9.17) is 9.47 Å². The molecule has 0 aromatic heterocycles. The number of hydrogen-bond acceptors (Lipinski definition) is 5. The van der Waals surface area contributed by atoms with Gasteiger partial charge in [-0.15, -0.1) is 0 Å². The molecule has 1 saturated heterocycles. The minimum absolute atomic E-state index is 0.719. The highest BCUT2D eigenvalue weighted by Gasteiger charge is 2.16. The van der Waals surface area contributed by atoms with Crippen molar-refractivity contribution in [1.29, 1.82) is 0 Å². The quantitative estimate of drug-likeness (QED) is 0.597. The van der Waals surface area contributed by atoms with E-state index in [1.54, 1.807) is 14.2 Å². The first-order valence-electron chi connectivity index (χ1n) is 9.97. The summed E-state index contributed by atoms with van der Waals surface area (Å²) < 4.78 is 10.7. The van der Waals surface area contributed by atoms with Gasteiger partial charge in [-0.2, -0.15) is 5.10 Å². The topological polar surface area (TPSA) is 37.3 Å². The van der Waals surface area contributed by atoms with Crippen LogP contribution in [-0.2, 0) is 6.54 Å². The van der Waals surface area contributed by atoms with Crippen LogP contribution in [-0.4, -0.2) is 56.5 Å². The summed E-state index contributed by atoms with van der Waals surface area (Å²) >= 11 is 0. The lowest BCUT2D eigenvalue weighted by Gasteiger charge is -2.33. The number of benzene rings is 3. The Labute approximate surface area is 172 Å². The molecule has 0 amide bonds. The van der Waals surface area contributed by atoms with Crippen molar-refractivity contribution in [2.75, 3.05) is 40.4 Å². The molecule has 1 fully saturated rings. The fourth-order valence-electron chi connectivity index (χ4n) is 3.76. The zero-order chi connectivity index (χ0) is 20.1. The number of fused-ring (bicyclic) bond motifs is 1. The summed E-state index contributed by atoms with van der Waals surface area (Å²) in [5.41, 5.74) is 2.39. The summed E-state index contributed by atoms with van der Waals surface area (Å²) in [7, 11) is 3.29. The minimum atomic E-state index is 0.719. The monoisotopic (exact) mass is 389 g/mol. The molecule has 29 heavy (non-hydrogen) atoms. The lowest BCUT2D eigenvalue weighted by Crippen LogP contribution is -2.43. The molecule has 1 heterocycles. The van der Waals surface area contributed by atoms with Crippen molar-refractivity contribution in [3.8, 4) is 11.5 Å². The van der Waals surface area contributed by atoms with Crippen molar-refractivity contribution in [2.24, 2.45) is 5.10 Å². The van der Waals surface area contributed by atoms with Gasteiger partial charge in [0.25, 0.3) is 0 Å². The van der Waals surface area contributed by atoms with Gasteiger partial charge in [-0.05, 0) is 40.1 Å². The van der Waals surface area contributed by atoms with Crippen molar-refractivity contribution in [3.63, 3.8) is 0 Å². The van der Waals surface area contributed by atoms with Crippen molar-refractivity contribution >= 4 is 17.0 Å². The van der Waals surface area contributed by atoms with Crippen molar-refractivity contribution in [1.82, 2.24) is 9.91 Å². The van der Waals surface area contributed by atoms with E-state index in [9.17, 15) is 0 Å². The third kappa shape index (κ3) is 4.51. The summed E-state index contributed by atoms with van der Waals surface area (Å²) in [6.45, 7) is 4.84. The van der Waals surface area contributed by atoms with Gasteiger partial charge in [-0.1, -0.05) is 42.5 Å². The first-order valence-corrected chi connectivity index (χ1v) is 9.97. The molecule has 1 aliphatic heterocycles. The zero-order valence-electron chi connectivity index (χ0n) is 17.0. The first kappa shape index (κ1) is 19.3. The summed E-state index contributed by atoms with van der Waals surface area (Å²) in [6.07, 6.45) is 1.89. The van der Waals surface area contributed by atoms with Gasteiger partial charge in [0, 0.05) is 32.7 Å².